The minimum Gasteiger partial charge on any atom is -0.321 e. The standard InChI is InChI=1S/C16H18N2O2/c1-2-3-4-10-15(19)17-13-8-5-6-9-14(13)18-12-7-11-16(18)20/h2-6,8-10H,7,11-12H2,1H3,(H,17,19)/b3-2+,10-4+. The summed E-state index contributed by atoms with van der Waals surface area (Å²) >= 11 is 0. The van der Waals surface area contributed by atoms with Crippen LogP contribution in [0, 0.1) is 0 Å². The molecule has 1 aliphatic heterocycles. The highest BCUT2D eigenvalue weighted by atomic mass is 16.2. The predicted molar refractivity (Wildman–Crippen MR) is 80.6 cm³/mol. The number of carbonyl (C=O) groups excluding carboxylic acids is 2. The maximum absolute atomic E-state index is 11.8. The number of benzene rings is 1. The summed E-state index contributed by atoms with van der Waals surface area (Å²) in [6, 6.07) is 7.37. The summed E-state index contributed by atoms with van der Waals surface area (Å²) in [5, 5.41) is 2.81. The third kappa shape index (κ3) is 3.35. The molecule has 0 radical (unpaired) electrons. The fourth-order valence-electron chi connectivity index (χ4n) is 2.15. The molecule has 0 atom stereocenters. The Hall–Kier alpha value is -2.36. The second-order valence-electron chi connectivity index (χ2n) is 4.54. The molecule has 4 heteroatoms. The van der Waals surface area contributed by atoms with Crippen LogP contribution in [0.25, 0.3) is 0 Å². The van der Waals surface area contributed by atoms with Crippen LogP contribution in [0.5, 0.6) is 0 Å². The number of allylic oxidation sites excluding steroid dienone is 3. The molecule has 1 fully saturated rings. The van der Waals surface area contributed by atoms with Crippen LogP contribution in [-0.2, 0) is 9.59 Å². The number of anilines is 2. The molecule has 2 amide bonds. The van der Waals surface area contributed by atoms with E-state index in [1.807, 2.05) is 37.3 Å². The molecule has 104 valence electrons. The zero-order valence-corrected chi connectivity index (χ0v) is 11.5. The van der Waals surface area contributed by atoms with Gasteiger partial charge in [0.1, 0.15) is 0 Å². The minimum atomic E-state index is -0.206. The molecule has 0 saturated carbocycles. The third-order valence-corrected chi connectivity index (χ3v) is 3.08. The molecule has 1 aromatic carbocycles. The van der Waals surface area contributed by atoms with E-state index in [0.717, 1.165) is 12.1 Å². The van der Waals surface area contributed by atoms with Crippen molar-refractivity contribution >= 4 is 23.2 Å². The van der Waals surface area contributed by atoms with Gasteiger partial charge in [0.25, 0.3) is 0 Å². The first-order valence-electron chi connectivity index (χ1n) is 6.72. The van der Waals surface area contributed by atoms with Gasteiger partial charge in [-0.05, 0) is 25.5 Å². The van der Waals surface area contributed by atoms with E-state index in [1.54, 1.807) is 17.1 Å². The summed E-state index contributed by atoms with van der Waals surface area (Å²) in [5.74, 6) is -0.0987. The van der Waals surface area contributed by atoms with Crippen LogP contribution in [0.3, 0.4) is 0 Å². The van der Waals surface area contributed by atoms with Gasteiger partial charge in [0.2, 0.25) is 11.8 Å². The number of hydrogen-bond donors (Lipinski definition) is 1. The summed E-state index contributed by atoms with van der Waals surface area (Å²) in [5.41, 5.74) is 1.43. The molecule has 1 N–H and O–H groups in total. The summed E-state index contributed by atoms with van der Waals surface area (Å²) in [4.78, 5) is 25.3. The number of nitrogens with one attached hydrogen (secondary N) is 1. The lowest BCUT2D eigenvalue weighted by Crippen LogP contribution is -2.25. The van der Waals surface area contributed by atoms with Gasteiger partial charge in [0.15, 0.2) is 0 Å². The van der Waals surface area contributed by atoms with E-state index in [2.05, 4.69) is 5.32 Å². The monoisotopic (exact) mass is 270 g/mol. The van der Waals surface area contributed by atoms with Crippen molar-refractivity contribution in [3.63, 3.8) is 0 Å². The Balaban J connectivity index is 2.16. The first-order valence-corrected chi connectivity index (χ1v) is 6.72. The number of carbonyl (C=O) groups is 2. The Bertz CT molecular complexity index is 561. The van der Waals surface area contributed by atoms with Gasteiger partial charge in [-0.15, -0.1) is 0 Å². The number of para-hydroxylation sites is 2. The van der Waals surface area contributed by atoms with E-state index >= 15 is 0 Å². The highest BCUT2D eigenvalue weighted by Crippen LogP contribution is 2.29. The highest BCUT2D eigenvalue weighted by Gasteiger charge is 2.23. The summed E-state index contributed by atoms with van der Waals surface area (Å²) in [6.07, 6.45) is 8.21. The first-order chi connectivity index (χ1) is 9.72. The van der Waals surface area contributed by atoms with Crippen molar-refractivity contribution in [2.75, 3.05) is 16.8 Å². The van der Waals surface area contributed by atoms with Crippen molar-refractivity contribution in [1.29, 1.82) is 0 Å². The van der Waals surface area contributed by atoms with E-state index in [9.17, 15) is 9.59 Å². The van der Waals surface area contributed by atoms with Gasteiger partial charge in [-0.2, -0.15) is 0 Å². The number of nitrogens with zero attached hydrogens (tertiary/aromatic N) is 1. The van der Waals surface area contributed by atoms with Gasteiger partial charge in [-0.3, -0.25) is 9.59 Å². The molecule has 1 saturated heterocycles. The van der Waals surface area contributed by atoms with Crippen LogP contribution in [0.2, 0.25) is 0 Å². The first kappa shape index (κ1) is 14.1. The molecule has 2 rings (SSSR count). The van der Waals surface area contributed by atoms with E-state index < -0.39 is 0 Å². The average molecular weight is 270 g/mol. The summed E-state index contributed by atoms with van der Waals surface area (Å²) in [7, 11) is 0. The second kappa shape index (κ2) is 6.70. The van der Waals surface area contributed by atoms with Crippen LogP contribution in [0.4, 0.5) is 11.4 Å². The quantitative estimate of drug-likeness (QED) is 0.675. The molecule has 0 spiro atoms. The lowest BCUT2D eigenvalue weighted by atomic mass is 10.2. The van der Waals surface area contributed by atoms with Crippen molar-refractivity contribution in [2.24, 2.45) is 0 Å². The highest BCUT2D eigenvalue weighted by molar-refractivity contribution is 6.05. The van der Waals surface area contributed by atoms with Crippen LogP contribution in [-0.4, -0.2) is 18.4 Å². The molecular weight excluding hydrogens is 252 g/mol. The van der Waals surface area contributed by atoms with Crippen molar-refractivity contribution in [3.05, 3.63) is 48.6 Å². The van der Waals surface area contributed by atoms with Gasteiger partial charge >= 0.3 is 0 Å². The van der Waals surface area contributed by atoms with E-state index in [1.165, 1.54) is 6.08 Å². The summed E-state index contributed by atoms with van der Waals surface area (Å²) < 4.78 is 0. The molecule has 4 nitrogen and oxygen atoms in total. The van der Waals surface area contributed by atoms with E-state index in [-0.39, 0.29) is 11.8 Å². The Morgan fingerprint density at radius 2 is 2.10 bits per heavy atom. The molecular formula is C16H18N2O2. The molecule has 1 heterocycles. The fraction of sp³-hybridized carbons (Fsp3) is 0.250. The van der Waals surface area contributed by atoms with Gasteiger partial charge in [-0.25, -0.2) is 0 Å². The smallest absolute Gasteiger partial charge is 0.248 e. The molecule has 20 heavy (non-hydrogen) atoms. The maximum atomic E-state index is 11.8. The summed E-state index contributed by atoms with van der Waals surface area (Å²) in [6.45, 7) is 2.59. The lowest BCUT2D eigenvalue weighted by molar-refractivity contribution is -0.117. The zero-order valence-electron chi connectivity index (χ0n) is 11.5. The maximum Gasteiger partial charge on any atom is 0.248 e. The van der Waals surface area contributed by atoms with Crippen LogP contribution < -0.4 is 10.2 Å². The third-order valence-electron chi connectivity index (χ3n) is 3.08. The van der Waals surface area contributed by atoms with Gasteiger partial charge in [0.05, 0.1) is 11.4 Å². The molecule has 0 bridgehead atoms. The molecule has 0 aromatic heterocycles. The molecule has 0 aliphatic carbocycles. The minimum absolute atomic E-state index is 0.108. The van der Waals surface area contributed by atoms with E-state index in [0.29, 0.717) is 18.7 Å². The van der Waals surface area contributed by atoms with Gasteiger partial charge < -0.3 is 10.2 Å². The number of hydrogen-bond acceptors (Lipinski definition) is 2. The Morgan fingerprint density at radius 3 is 2.80 bits per heavy atom. The molecule has 0 unspecified atom stereocenters. The van der Waals surface area contributed by atoms with Gasteiger partial charge in [0, 0.05) is 19.0 Å². The number of amides is 2. The van der Waals surface area contributed by atoms with Crippen LogP contribution >= 0.6 is 0 Å². The number of rotatable bonds is 4. The Labute approximate surface area is 118 Å². The van der Waals surface area contributed by atoms with Crippen LogP contribution in [0.1, 0.15) is 19.8 Å². The SMILES string of the molecule is C/C=C/C=C/C(=O)Nc1ccccc1N1CCCC1=O. The normalized spacial score (nSPS) is 15.4. The van der Waals surface area contributed by atoms with Crippen molar-refractivity contribution in [3.8, 4) is 0 Å². The Kier molecular flexibility index (Phi) is 4.71. The topological polar surface area (TPSA) is 49.4 Å². The molecule has 1 aliphatic rings. The van der Waals surface area contributed by atoms with Crippen molar-refractivity contribution in [2.45, 2.75) is 19.8 Å². The van der Waals surface area contributed by atoms with Crippen LogP contribution in [0.15, 0.2) is 48.6 Å². The Morgan fingerprint density at radius 1 is 1.30 bits per heavy atom. The largest absolute Gasteiger partial charge is 0.321 e. The predicted octanol–water partition coefficient (Wildman–Crippen LogP) is 2.88. The molecule has 1 aromatic rings. The zero-order chi connectivity index (χ0) is 14.4. The van der Waals surface area contributed by atoms with Gasteiger partial charge in [-0.1, -0.05) is 30.4 Å². The lowest BCUT2D eigenvalue weighted by Gasteiger charge is -2.19. The average Bonchev–Trinajstić information content (AvgIpc) is 2.86. The fourth-order valence-corrected chi connectivity index (χ4v) is 2.15. The van der Waals surface area contributed by atoms with Crippen molar-refractivity contribution in [1.82, 2.24) is 0 Å². The van der Waals surface area contributed by atoms with Crippen molar-refractivity contribution < 1.29 is 9.59 Å². The second-order valence-corrected chi connectivity index (χ2v) is 4.54. The van der Waals surface area contributed by atoms with E-state index in [4.69, 9.17) is 0 Å².